The predicted octanol–water partition coefficient (Wildman–Crippen LogP) is 3.70. The van der Waals surface area contributed by atoms with Crippen molar-refractivity contribution in [1.29, 1.82) is 0 Å². The Hall–Kier alpha value is -3.16. The van der Waals surface area contributed by atoms with E-state index in [-0.39, 0.29) is 40.8 Å². The van der Waals surface area contributed by atoms with E-state index in [2.05, 4.69) is 9.88 Å². The van der Waals surface area contributed by atoms with Gasteiger partial charge in [-0.2, -0.15) is 18.2 Å². The number of carbonyl (C=O) groups is 1. The number of hydrogen-bond donors (Lipinski definition) is 0. The first-order chi connectivity index (χ1) is 19.6. The van der Waals surface area contributed by atoms with E-state index in [0.29, 0.717) is 68.6 Å². The Bertz CT molecular complexity index is 1530. The van der Waals surface area contributed by atoms with Crippen LogP contribution in [0.5, 0.6) is 0 Å². The zero-order valence-electron chi connectivity index (χ0n) is 22.4. The molecule has 1 aromatic heterocycles. The number of piperazine rings is 1. The van der Waals surface area contributed by atoms with E-state index in [1.54, 1.807) is 9.80 Å². The Morgan fingerprint density at radius 3 is 2.37 bits per heavy atom. The molecule has 1 atom stereocenters. The molecule has 2 saturated heterocycles. The Morgan fingerprint density at radius 2 is 1.73 bits per heavy atom. The van der Waals surface area contributed by atoms with Crippen LogP contribution in [0.3, 0.4) is 0 Å². The summed E-state index contributed by atoms with van der Waals surface area (Å²) in [4.78, 5) is 35.9. The lowest BCUT2D eigenvalue weighted by molar-refractivity contribution is -0.137. The average molecular weight is 592 g/mol. The molecule has 1 amide bonds. The number of thioether (sulfide) groups is 1. The van der Waals surface area contributed by atoms with E-state index >= 15 is 0 Å². The molecule has 3 aliphatic heterocycles. The van der Waals surface area contributed by atoms with Crippen molar-refractivity contribution in [3.05, 3.63) is 52.2 Å². The molecule has 8 nitrogen and oxygen atoms in total. The Labute approximate surface area is 237 Å². The van der Waals surface area contributed by atoms with E-state index in [1.165, 1.54) is 35.4 Å². The quantitative estimate of drug-likeness (QED) is 0.431. The minimum atomic E-state index is -4.73. The number of benzene rings is 2. The van der Waals surface area contributed by atoms with E-state index in [1.807, 2.05) is 0 Å². The van der Waals surface area contributed by atoms with E-state index in [0.717, 1.165) is 18.2 Å². The minimum absolute atomic E-state index is 0.0654. The van der Waals surface area contributed by atoms with Crippen LogP contribution in [-0.2, 0) is 22.3 Å². The van der Waals surface area contributed by atoms with E-state index < -0.39 is 23.2 Å². The topological polar surface area (TPSA) is 70.9 Å². The summed E-state index contributed by atoms with van der Waals surface area (Å²) in [5, 5.41) is 0.240. The van der Waals surface area contributed by atoms with Crippen molar-refractivity contribution in [3.8, 4) is 11.1 Å². The van der Waals surface area contributed by atoms with Gasteiger partial charge in [-0.3, -0.25) is 14.3 Å². The molecule has 1 unspecified atom stereocenters. The lowest BCUT2D eigenvalue weighted by Gasteiger charge is -2.36. The van der Waals surface area contributed by atoms with Gasteiger partial charge in [0.2, 0.25) is 5.91 Å². The van der Waals surface area contributed by atoms with Gasteiger partial charge in [0.15, 0.2) is 0 Å². The summed E-state index contributed by atoms with van der Waals surface area (Å²) in [7, 11) is 0. The van der Waals surface area contributed by atoms with Gasteiger partial charge in [0.05, 0.1) is 24.3 Å². The van der Waals surface area contributed by atoms with Gasteiger partial charge >= 0.3 is 11.9 Å². The first-order valence-corrected chi connectivity index (χ1v) is 14.5. The van der Waals surface area contributed by atoms with Gasteiger partial charge < -0.3 is 14.5 Å². The van der Waals surface area contributed by atoms with Crippen molar-refractivity contribution in [3.63, 3.8) is 0 Å². The van der Waals surface area contributed by atoms with Crippen molar-refractivity contribution >= 4 is 34.4 Å². The Morgan fingerprint density at radius 1 is 1.05 bits per heavy atom. The van der Waals surface area contributed by atoms with Gasteiger partial charge in [0.1, 0.15) is 11.6 Å². The maximum atomic E-state index is 14.8. The van der Waals surface area contributed by atoms with Crippen molar-refractivity contribution < 1.29 is 27.1 Å². The normalized spacial score (nSPS) is 20.4. The molecule has 4 heterocycles. The van der Waals surface area contributed by atoms with E-state index in [4.69, 9.17) is 4.74 Å². The number of amides is 1. The maximum Gasteiger partial charge on any atom is 0.417 e. The third kappa shape index (κ3) is 5.30. The fraction of sp³-hybridized carbons (Fsp3) is 0.464. The molecular formula is C28H29F4N5O3S. The molecule has 2 aromatic carbocycles. The molecule has 0 aliphatic carbocycles. The van der Waals surface area contributed by atoms with Crippen LogP contribution in [0.1, 0.15) is 12.5 Å². The molecule has 0 saturated carbocycles. The molecule has 218 valence electrons. The summed E-state index contributed by atoms with van der Waals surface area (Å²) in [6.45, 7) is 5.58. The number of morpholine rings is 1. The maximum absolute atomic E-state index is 14.8. The molecule has 0 radical (unpaired) electrons. The Balaban J connectivity index is 1.59. The molecule has 0 bridgehead atoms. The third-order valence-corrected chi connectivity index (χ3v) is 9.27. The minimum Gasteiger partial charge on any atom is -0.379 e. The number of rotatable bonds is 3. The molecule has 41 heavy (non-hydrogen) atoms. The number of anilines is 1. The highest BCUT2D eigenvalue weighted by molar-refractivity contribution is 7.99. The zero-order chi connectivity index (χ0) is 28.9. The van der Waals surface area contributed by atoms with Crippen LogP contribution in [0.15, 0.2) is 40.0 Å². The highest BCUT2D eigenvalue weighted by Gasteiger charge is 2.39. The van der Waals surface area contributed by atoms with Crippen LogP contribution in [0.25, 0.3) is 22.0 Å². The number of hydrogen-bond acceptors (Lipinski definition) is 7. The summed E-state index contributed by atoms with van der Waals surface area (Å²) < 4.78 is 65.2. The Kier molecular flexibility index (Phi) is 7.45. The highest BCUT2D eigenvalue weighted by atomic mass is 32.2. The molecular weight excluding hydrogens is 562 g/mol. The second kappa shape index (κ2) is 10.9. The van der Waals surface area contributed by atoms with Gasteiger partial charge in [0.25, 0.3) is 0 Å². The van der Waals surface area contributed by atoms with Crippen LogP contribution in [0.2, 0.25) is 0 Å². The zero-order valence-corrected chi connectivity index (χ0v) is 23.2. The SMILES string of the molecule is CC(=O)N1CCN(c2nc(=O)n3c4c(c(-c5ccc(F)cc5)c(C(F)(F)F)cc24)SCC(N2CCOCC2)C3)CC1. The van der Waals surface area contributed by atoms with E-state index in [9.17, 15) is 27.2 Å². The average Bonchev–Trinajstić information content (AvgIpc) is 3.16. The standard InChI is InChI=1S/C28H29F4N5O3S/c1-17(38)34-6-8-36(9-7-34)26-21-14-22(28(30,31)32)23(18-2-4-19(29)5-3-18)25-24(21)37(27(39)33-26)15-20(16-41-25)35-10-12-40-13-11-35/h2-5,14,20H,6-13,15-16H2,1H3. The van der Waals surface area contributed by atoms with Crippen molar-refractivity contribution in [1.82, 2.24) is 19.4 Å². The molecule has 2 fully saturated rings. The summed E-state index contributed by atoms with van der Waals surface area (Å²) in [5.74, 6) is 0.00696. The second-order valence-corrected chi connectivity index (χ2v) is 11.5. The van der Waals surface area contributed by atoms with Crippen LogP contribution < -0.4 is 10.6 Å². The number of halogens is 4. The first kappa shape index (κ1) is 28.0. The molecule has 13 heteroatoms. The van der Waals surface area contributed by atoms with Crippen molar-refractivity contribution in [2.75, 3.05) is 63.1 Å². The number of alkyl halides is 3. The van der Waals surface area contributed by atoms with Crippen molar-refractivity contribution in [2.24, 2.45) is 0 Å². The van der Waals surface area contributed by atoms with Gasteiger partial charge in [0, 0.05) is 80.4 Å². The lowest BCUT2D eigenvalue weighted by atomic mass is 9.96. The smallest absolute Gasteiger partial charge is 0.379 e. The summed E-state index contributed by atoms with van der Waals surface area (Å²) >= 11 is 1.29. The summed E-state index contributed by atoms with van der Waals surface area (Å²) in [5.41, 5.74) is -0.834. The highest BCUT2D eigenvalue weighted by Crippen LogP contribution is 2.48. The van der Waals surface area contributed by atoms with Gasteiger partial charge in [-0.05, 0) is 23.8 Å². The number of nitrogens with zero attached hydrogens (tertiary/aromatic N) is 5. The molecule has 0 spiro atoms. The van der Waals surface area contributed by atoms with Gasteiger partial charge in [-0.1, -0.05) is 12.1 Å². The molecule has 3 aliphatic rings. The monoisotopic (exact) mass is 591 g/mol. The first-order valence-electron chi connectivity index (χ1n) is 13.5. The van der Waals surface area contributed by atoms with Gasteiger partial charge in [-0.15, -0.1) is 11.8 Å². The van der Waals surface area contributed by atoms with Crippen LogP contribution in [-0.4, -0.2) is 89.5 Å². The summed E-state index contributed by atoms with van der Waals surface area (Å²) in [6, 6.07) is 5.94. The third-order valence-electron chi connectivity index (χ3n) is 8.04. The second-order valence-electron chi connectivity index (χ2n) is 10.5. The van der Waals surface area contributed by atoms with Crippen molar-refractivity contribution in [2.45, 2.75) is 30.6 Å². The van der Waals surface area contributed by atoms with Crippen LogP contribution in [0.4, 0.5) is 23.4 Å². The summed E-state index contributed by atoms with van der Waals surface area (Å²) in [6.07, 6.45) is -4.73. The number of ether oxygens (including phenoxy) is 1. The molecule has 0 N–H and O–H groups in total. The number of aromatic nitrogens is 2. The fourth-order valence-corrected chi connectivity index (χ4v) is 7.31. The fourth-order valence-electron chi connectivity index (χ4n) is 5.91. The molecule has 3 aromatic rings. The largest absolute Gasteiger partial charge is 0.417 e. The predicted molar refractivity (Wildman–Crippen MR) is 148 cm³/mol. The van der Waals surface area contributed by atoms with Gasteiger partial charge in [-0.25, -0.2) is 9.18 Å². The van der Waals surface area contributed by atoms with Crippen LogP contribution >= 0.6 is 11.8 Å². The number of carbonyl (C=O) groups excluding carboxylic acids is 1. The lowest BCUT2D eigenvalue weighted by Crippen LogP contribution is -2.49. The van der Waals surface area contributed by atoms with Crippen LogP contribution in [0, 0.1) is 5.82 Å². The molecule has 6 rings (SSSR count).